The third-order valence-corrected chi connectivity index (χ3v) is 2.34. The third-order valence-electron chi connectivity index (χ3n) is 2.34. The van der Waals surface area contributed by atoms with Crippen molar-refractivity contribution < 1.29 is 13.9 Å². The van der Waals surface area contributed by atoms with Gasteiger partial charge in [0.25, 0.3) is 6.43 Å². The molecule has 1 aromatic heterocycles. The highest BCUT2D eigenvalue weighted by atomic mass is 19.3. The summed E-state index contributed by atoms with van der Waals surface area (Å²) in [6, 6.07) is 1.14. The highest BCUT2D eigenvalue weighted by Crippen LogP contribution is 2.25. The molecule has 1 heterocycles. The average molecular weight is 230 g/mol. The van der Waals surface area contributed by atoms with Crippen molar-refractivity contribution in [1.29, 1.82) is 5.26 Å². The van der Waals surface area contributed by atoms with Gasteiger partial charge < -0.3 is 5.11 Å². The maximum absolute atomic E-state index is 12.8. The average Bonchev–Trinajstić information content (AvgIpc) is 2.60. The number of alkyl halides is 2. The van der Waals surface area contributed by atoms with E-state index in [1.807, 2.05) is 0 Å². The van der Waals surface area contributed by atoms with Crippen LogP contribution in [-0.4, -0.2) is 26.2 Å². The largest absolute Gasteiger partial charge is 0.391 e. The molecule has 0 aliphatic carbocycles. The molecule has 1 N–H and O–H groups in total. The van der Waals surface area contributed by atoms with Crippen LogP contribution in [0.3, 0.4) is 0 Å². The van der Waals surface area contributed by atoms with E-state index in [0.717, 1.165) is 4.68 Å². The fourth-order valence-electron chi connectivity index (χ4n) is 1.27. The van der Waals surface area contributed by atoms with Gasteiger partial charge in [0, 0.05) is 0 Å². The summed E-state index contributed by atoms with van der Waals surface area (Å²) in [5, 5.41) is 24.9. The van der Waals surface area contributed by atoms with Crippen molar-refractivity contribution in [1.82, 2.24) is 15.0 Å². The lowest BCUT2D eigenvalue weighted by atomic mass is 10.2. The van der Waals surface area contributed by atoms with Crippen molar-refractivity contribution >= 4 is 0 Å². The fourth-order valence-corrected chi connectivity index (χ4v) is 1.27. The summed E-state index contributed by atoms with van der Waals surface area (Å²) in [6.07, 6.45) is -3.81. The normalized spacial score (nSPS) is 14.8. The monoisotopic (exact) mass is 230 g/mol. The Balaban J connectivity index is 3.15. The van der Waals surface area contributed by atoms with Gasteiger partial charge in [0.1, 0.15) is 11.4 Å². The van der Waals surface area contributed by atoms with Gasteiger partial charge in [-0.05, 0) is 13.8 Å². The van der Waals surface area contributed by atoms with Crippen molar-refractivity contribution in [3.05, 3.63) is 11.4 Å². The molecule has 0 aliphatic heterocycles. The molecule has 88 valence electrons. The number of rotatable bonds is 4. The van der Waals surface area contributed by atoms with Crippen molar-refractivity contribution in [2.45, 2.75) is 38.8 Å². The van der Waals surface area contributed by atoms with Crippen molar-refractivity contribution in [2.24, 2.45) is 0 Å². The first-order valence-electron chi connectivity index (χ1n) is 4.76. The SMILES string of the molecule is CC(O)C(C)n1nnc(CC#N)c1C(F)F. The molecule has 0 saturated heterocycles. The number of hydrogen-bond acceptors (Lipinski definition) is 4. The van der Waals surface area contributed by atoms with Gasteiger partial charge in [0.15, 0.2) is 0 Å². The summed E-state index contributed by atoms with van der Waals surface area (Å²) in [7, 11) is 0. The van der Waals surface area contributed by atoms with Gasteiger partial charge in [0.05, 0.1) is 24.6 Å². The van der Waals surface area contributed by atoms with Crippen LogP contribution in [0.25, 0.3) is 0 Å². The van der Waals surface area contributed by atoms with E-state index in [4.69, 9.17) is 5.26 Å². The topological polar surface area (TPSA) is 74.7 Å². The zero-order chi connectivity index (χ0) is 12.3. The molecule has 0 amide bonds. The number of halogens is 2. The first-order chi connectivity index (χ1) is 7.49. The Morgan fingerprint density at radius 1 is 1.50 bits per heavy atom. The van der Waals surface area contributed by atoms with Gasteiger partial charge in [-0.1, -0.05) is 5.21 Å². The molecular formula is C9H12F2N4O. The zero-order valence-electron chi connectivity index (χ0n) is 8.93. The van der Waals surface area contributed by atoms with E-state index in [1.165, 1.54) is 6.92 Å². The summed E-state index contributed by atoms with van der Waals surface area (Å²) in [5.74, 6) is 0. The molecule has 1 rings (SSSR count). The number of aliphatic hydroxyl groups excluding tert-OH is 1. The van der Waals surface area contributed by atoms with E-state index in [1.54, 1.807) is 13.0 Å². The lowest BCUT2D eigenvalue weighted by molar-refractivity contribution is 0.104. The second-order valence-electron chi connectivity index (χ2n) is 3.48. The van der Waals surface area contributed by atoms with Gasteiger partial charge in [-0.15, -0.1) is 5.10 Å². The lowest BCUT2D eigenvalue weighted by Gasteiger charge is -2.17. The smallest absolute Gasteiger partial charge is 0.281 e. The van der Waals surface area contributed by atoms with Gasteiger partial charge in [-0.2, -0.15) is 5.26 Å². The number of aliphatic hydroxyl groups is 1. The summed E-state index contributed by atoms with van der Waals surface area (Å²) in [6.45, 7) is 3.03. The maximum Gasteiger partial charge on any atom is 0.281 e. The quantitative estimate of drug-likeness (QED) is 0.843. The van der Waals surface area contributed by atoms with Crippen LogP contribution in [0.2, 0.25) is 0 Å². The van der Waals surface area contributed by atoms with Crippen LogP contribution in [0, 0.1) is 11.3 Å². The van der Waals surface area contributed by atoms with Crippen LogP contribution >= 0.6 is 0 Å². The standard InChI is InChI=1S/C9H12F2N4O/c1-5(6(2)16)15-8(9(10)11)7(3-4-12)13-14-15/h5-6,9,16H,3H2,1-2H3. The minimum atomic E-state index is -2.76. The zero-order valence-corrected chi connectivity index (χ0v) is 8.93. The van der Waals surface area contributed by atoms with Crippen molar-refractivity contribution in [3.63, 3.8) is 0 Å². The first kappa shape index (κ1) is 12.5. The minimum absolute atomic E-state index is 0.0370. The highest BCUT2D eigenvalue weighted by Gasteiger charge is 2.25. The Morgan fingerprint density at radius 2 is 2.12 bits per heavy atom. The van der Waals surface area contributed by atoms with E-state index in [-0.39, 0.29) is 12.1 Å². The van der Waals surface area contributed by atoms with Crippen LogP contribution in [0.5, 0.6) is 0 Å². The number of nitrogens with zero attached hydrogens (tertiary/aromatic N) is 4. The Bertz CT molecular complexity index is 397. The predicted molar refractivity (Wildman–Crippen MR) is 50.7 cm³/mol. The maximum atomic E-state index is 12.8. The number of aromatic nitrogens is 3. The van der Waals surface area contributed by atoms with Gasteiger partial charge in [-0.3, -0.25) is 0 Å². The van der Waals surface area contributed by atoms with Crippen molar-refractivity contribution in [3.8, 4) is 6.07 Å². The highest BCUT2D eigenvalue weighted by molar-refractivity contribution is 5.16. The van der Waals surface area contributed by atoms with Crippen LogP contribution in [0.1, 0.15) is 37.7 Å². The third kappa shape index (κ3) is 2.33. The van der Waals surface area contributed by atoms with Crippen LogP contribution in [-0.2, 0) is 6.42 Å². The number of hydrogen-bond donors (Lipinski definition) is 1. The van der Waals surface area contributed by atoms with E-state index >= 15 is 0 Å². The second kappa shape index (κ2) is 4.99. The number of nitriles is 1. The molecule has 2 atom stereocenters. The molecule has 0 saturated carbocycles. The Hall–Kier alpha value is -1.55. The molecule has 0 radical (unpaired) electrons. The second-order valence-corrected chi connectivity index (χ2v) is 3.48. The molecule has 2 unspecified atom stereocenters. The van der Waals surface area contributed by atoms with E-state index in [2.05, 4.69) is 10.3 Å². The summed E-state index contributed by atoms with van der Waals surface area (Å²) in [5.41, 5.74) is -0.431. The van der Waals surface area contributed by atoms with E-state index in [9.17, 15) is 13.9 Å². The summed E-state index contributed by atoms with van der Waals surface area (Å²) < 4.78 is 26.5. The van der Waals surface area contributed by atoms with Crippen LogP contribution in [0.4, 0.5) is 8.78 Å². The van der Waals surface area contributed by atoms with Gasteiger partial charge in [-0.25, -0.2) is 13.5 Å². The molecule has 7 heteroatoms. The lowest BCUT2D eigenvalue weighted by Crippen LogP contribution is -2.21. The molecule has 0 spiro atoms. The van der Waals surface area contributed by atoms with E-state index in [0.29, 0.717) is 0 Å². The molecule has 0 bridgehead atoms. The molecule has 0 aliphatic rings. The van der Waals surface area contributed by atoms with E-state index < -0.39 is 24.3 Å². The Labute approximate surface area is 91.3 Å². The molecular weight excluding hydrogens is 218 g/mol. The van der Waals surface area contributed by atoms with Crippen molar-refractivity contribution in [2.75, 3.05) is 0 Å². The predicted octanol–water partition coefficient (Wildman–Crippen LogP) is 1.22. The van der Waals surface area contributed by atoms with Gasteiger partial charge >= 0.3 is 0 Å². The molecule has 5 nitrogen and oxygen atoms in total. The van der Waals surface area contributed by atoms with Crippen LogP contribution < -0.4 is 0 Å². The molecule has 16 heavy (non-hydrogen) atoms. The first-order valence-corrected chi connectivity index (χ1v) is 4.76. The molecule has 1 aromatic rings. The minimum Gasteiger partial charge on any atom is -0.391 e. The summed E-state index contributed by atoms with van der Waals surface area (Å²) >= 11 is 0. The fraction of sp³-hybridized carbons (Fsp3) is 0.667. The van der Waals surface area contributed by atoms with Gasteiger partial charge in [0.2, 0.25) is 0 Å². The Morgan fingerprint density at radius 3 is 2.56 bits per heavy atom. The van der Waals surface area contributed by atoms with Crippen LogP contribution in [0.15, 0.2) is 0 Å². The molecule has 0 fully saturated rings. The Kier molecular flexibility index (Phi) is 3.90. The molecule has 0 aromatic carbocycles. The summed E-state index contributed by atoms with van der Waals surface area (Å²) in [4.78, 5) is 0.